The monoisotopic (exact) mass is 387 g/mol. The van der Waals surface area contributed by atoms with Crippen molar-refractivity contribution in [3.63, 3.8) is 0 Å². The van der Waals surface area contributed by atoms with Crippen LogP contribution in [0.4, 0.5) is 16.2 Å². The van der Waals surface area contributed by atoms with E-state index in [0.29, 0.717) is 36.8 Å². The minimum Gasteiger partial charge on any atom is -0.494 e. The number of anilines is 2. The third-order valence-electron chi connectivity index (χ3n) is 4.30. The van der Waals surface area contributed by atoms with Gasteiger partial charge in [0.2, 0.25) is 5.91 Å². The Balaban J connectivity index is 1.50. The van der Waals surface area contributed by atoms with Crippen LogP contribution in [0, 0.1) is 5.92 Å². The molecule has 0 aliphatic carbocycles. The van der Waals surface area contributed by atoms with E-state index in [1.54, 1.807) is 29.2 Å². The van der Waals surface area contributed by atoms with Crippen molar-refractivity contribution in [2.24, 2.45) is 5.92 Å². The maximum absolute atomic E-state index is 12.3. The highest BCUT2D eigenvalue weighted by Crippen LogP contribution is 2.26. The summed E-state index contributed by atoms with van der Waals surface area (Å²) in [5.74, 6) is 0.902. The van der Waals surface area contributed by atoms with Crippen molar-refractivity contribution in [2.75, 3.05) is 29.9 Å². The van der Waals surface area contributed by atoms with E-state index in [2.05, 4.69) is 10.6 Å². The number of ether oxygens (including phenoxy) is 1. The van der Waals surface area contributed by atoms with Gasteiger partial charge in [0.25, 0.3) is 0 Å². The van der Waals surface area contributed by atoms with E-state index in [0.717, 1.165) is 11.4 Å². The molecule has 142 valence electrons. The Bertz CT molecular complexity index is 810. The summed E-state index contributed by atoms with van der Waals surface area (Å²) < 4.78 is 5.43. The standard InChI is InChI=1S/C20H22ClN3O3/c1-2-27-18-8-6-17(7-9-18)24-13-14(10-19(24)25)12-22-20(26)23-16-5-3-4-15(21)11-16/h3-9,11,14H,2,10,12-13H2,1H3,(H2,22,23,26)/t14-/m1/s1. The summed E-state index contributed by atoms with van der Waals surface area (Å²) in [6, 6.07) is 14.1. The van der Waals surface area contributed by atoms with Crippen LogP contribution >= 0.6 is 11.6 Å². The number of halogens is 1. The zero-order chi connectivity index (χ0) is 19.2. The van der Waals surface area contributed by atoms with Gasteiger partial charge in [-0.05, 0) is 49.4 Å². The summed E-state index contributed by atoms with van der Waals surface area (Å²) in [7, 11) is 0. The summed E-state index contributed by atoms with van der Waals surface area (Å²) in [6.45, 7) is 3.53. The van der Waals surface area contributed by atoms with Crippen LogP contribution in [0.3, 0.4) is 0 Å². The van der Waals surface area contributed by atoms with Crippen LogP contribution < -0.4 is 20.3 Å². The van der Waals surface area contributed by atoms with Crippen LogP contribution in [0.15, 0.2) is 48.5 Å². The van der Waals surface area contributed by atoms with Crippen molar-refractivity contribution in [1.29, 1.82) is 0 Å². The first-order valence-electron chi connectivity index (χ1n) is 8.89. The molecule has 2 aromatic rings. The first-order chi connectivity index (χ1) is 13.0. The fourth-order valence-electron chi connectivity index (χ4n) is 3.04. The van der Waals surface area contributed by atoms with E-state index in [4.69, 9.17) is 16.3 Å². The summed E-state index contributed by atoms with van der Waals surface area (Å²) in [5.41, 5.74) is 1.47. The number of rotatable bonds is 6. The number of benzene rings is 2. The van der Waals surface area contributed by atoms with E-state index < -0.39 is 0 Å². The van der Waals surface area contributed by atoms with Gasteiger partial charge in [0, 0.05) is 41.8 Å². The Morgan fingerprint density at radius 1 is 1.26 bits per heavy atom. The number of carbonyl (C=O) groups is 2. The molecule has 1 atom stereocenters. The topological polar surface area (TPSA) is 70.7 Å². The number of amides is 3. The van der Waals surface area contributed by atoms with Crippen molar-refractivity contribution in [1.82, 2.24) is 5.32 Å². The molecule has 3 rings (SSSR count). The van der Waals surface area contributed by atoms with Crippen molar-refractivity contribution < 1.29 is 14.3 Å². The highest BCUT2D eigenvalue weighted by molar-refractivity contribution is 6.30. The molecule has 1 aliphatic heterocycles. The van der Waals surface area contributed by atoms with Gasteiger partial charge in [0.1, 0.15) is 5.75 Å². The maximum Gasteiger partial charge on any atom is 0.319 e. The molecule has 0 bridgehead atoms. The summed E-state index contributed by atoms with van der Waals surface area (Å²) in [4.78, 5) is 26.1. The van der Waals surface area contributed by atoms with Crippen molar-refractivity contribution >= 4 is 34.9 Å². The highest BCUT2D eigenvalue weighted by Gasteiger charge is 2.30. The van der Waals surface area contributed by atoms with Gasteiger partial charge in [-0.3, -0.25) is 4.79 Å². The SMILES string of the molecule is CCOc1ccc(N2C[C@@H](CNC(=O)Nc3cccc(Cl)c3)CC2=O)cc1. The fraction of sp³-hybridized carbons (Fsp3) is 0.300. The summed E-state index contributed by atoms with van der Waals surface area (Å²) >= 11 is 5.90. The van der Waals surface area contributed by atoms with Gasteiger partial charge in [-0.1, -0.05) is 17.7 Å². The molecular formula is C20H22ClN3O3. The highest BCUT2D eigenvalue weighted by atomic mass is 35.5. The van der Waals surface area contributed by atoms with Gasteiger partial charge in [-0.25, -0.2) is 4.79 Å². The Morgan fingerprint density at radius 2 is 2.04 bits per heavy atom. The molecule has 7 heteroatoms. The van der Waals surface area contributed by atoms with Crippen LogP contribution in [-0.4, -0.2) is 31.6 Å². The molecule has 1 saturated heterocycles. The molecule has 1 aliphatic rings. The van der Waals surface area contributed by atoms with Crippen LogP contribution in [0.25, 0.3) is 0 Å². The van der Waals surface area contributed by atoms with Gasteiger partial charge in [0.15, 0.2) is 0 Å². The van der Waals surface area contributed by atoms with Crippen LogP contribution in [-0.2, 0) is 4.79 Å². The summed E-state index contributed by atoms with van der Waals surface area (Å²) in [5, 5.41) is 6.11. The molecule has 0 spiro atoms. The normalized spacial score (nSPS) is 16.3. The minimum atomic E-state index is -0.316. The lowest BCUT2D eigenvalue weighted by Crippen LogP contribution is -2.34. The lowest BCUT2D eigenvalue weighted by molar-refractivity contribution is -0.117. The predicted octanol–water partition coefficient (Wildman–Crippen LogP) is 3.91. The van der Waals surface area contributed by atoms with E-state index >= 15 is 0 Å². The number of hydrogen-bond acceptors (Lipinski definition) is 3. The lowest BCUT2D eigenvalue weighted by Gasteiger charge is -2.17. The predicted molar refractivity (Wildman–Crippen MR) is 107 cm³/mol. The average molecular weight is 388 g/mol. The van der Waals surface area contributed by atoms with Crippen molar-refractivity contribution in [3.8, 4) is 5.75 Å². The smallest absolute Gasteiger partial charge is 0.319 e. The minimum absolute atomic E-state index is 0.0567. The van der Waals surface area contributed by atoms with Crippen molar-refractivity contribution in [3.05, 3.63) is 53.6 Å². The van der Waals surface area contributed by atoms with Gasteiger partial charge < -0.3 is 20.3 Å². The molecule has 1 heterocycles. The van der Waals surface area contributed by atoms with Crippen molar-refractivity contribution in [2.45, 2.75) is 13.3 Å². The number of nitrogens with one attached hydrogen (secondary N) is 2. The second kappa shape index (κ2) is 8.77. The molecule has 1 fully saturated rings. The molecule has 0 saturated carbocycles. The third-order valence-corrected chi connectivity index (χ3v) is 4.53. The van der Waals surface area contributed by atoms with Crippen LogP contribution in [0.5, 0.6) is 5.75 Å². The van der Waals surface area contributed by atoms with Gasteiger partial charge >= 0.3 is 6.03 Å². The Morgan fingerprint density at radius 3 is 2.74 bits per heavy atom. The molecule has 0 radical (unpaired) electrons. The Labute approximate surface area is 163 Å². The largest absolute Gasteiger partial charge is 0.494 e. The van der Waals surface area contributed by atoms with Gasteiger partial charge in [-0.15, -0.1) is 0 Å². The molecule has 27 heavy (non-hydrogen) atoms. The molecule has 6 nitrogen and oxygen atoms in total. The van der Waals surface area contributed by atoms with Crippen LogP contribution in [0.1, 0.15) is 13.3 Å². The quantitative estimate of drug-likeness (QED) is 0.789. The van der Waals surface area contributed by atoms with E-state index in [9.17, 15) is 9.59 Å². The molecule has 2 N–H and O–H groups in total. The van der Waals surface area contributed by atoms with E-state index in [-0.39, 0.29) is 17.9 Å². The second-order valence-corrected chi connectivity index (χ2v) is 6.78. The average Bonchev–Trinajstić information content (AvgIpc) is 3.02. The Kier molecular flexibility index (Phi) is 6.19. The van der Waals surface area contributed by atoms with E-state index in [1.807, 2.05) is 31.2 Å². The molecule has 3 amide bonds. The first-order valence-corrected chi connectivity index (χ1v) is 9.26. The third kappa shape index (κ3) is 5.14. The fourth-order valence-corrected chi connectivity index (χ4v) is 3.23. The lowest BCUT2D eigenvalue weighted by atomic mass is 10.1. The molecule has 0 aromatic heterocycles. The maximum atomic E-state index is 12.3. The summed E-state index contributed by atoms with van der Waals surface area (Å²) in [6.07, 6.45) is 0.407. The number of urea groups is 1. The van der Waals surface area contributed by atoms with Crippen LogP contribution in [0.2, 0.25) is 5.02 Å². The number of nitrogens with zero attached hydrogens (tertiary/aromatic N) is 1. The van der Waals surface area contributed by atoms with E-state index in [1.165, 1.54) is 0 Å². The number of hydrogen-bond donors (Lipinski definition) is 2. The first kappa shape index (κ1) is 19.0. The van der Waals surface area contributed by atoms with Gasteiger partial charge in [-0.2, -0.15) is 0 Å². The number of carbonyl (C=O) groups excluding carboxylic acids is 2. The second-order valence-electron chi connectivity index (χ2n) is 6.35. The Hall–Kier alpha value is -2.73. The zero-order valence-corrected chi connectivity index (χ0v) is 15.8. The zero-order valence-electron chi connectivity index (χ0n) is 15.1. The molecular weight excluding hydrogens is 366 g/mol. The molecule has 0 unspecified atom stereocenters. The molecule has 2 aromatic carbocycles. The van der Waals surface area contributed by atoms with Gasteiger partial charge in [0.05, 0.1) is 6.61 Å².